The van der Waals surface area contributed by atoms with Crippen LogP contribution < -0.4 is 5.73 Å². The number of hydrogen-bond donors (Lipinski definition) is 4. The van der Waals surface area contributed by atoms with Gasteiger partial charge in [-0.1, -0.05) is 6.92 Å². The van der Waals surface area contributed by atoms with Gasteiger partial charge < -0.3 is 15.3 Å². The normalized spacial score (nSPS) is 16.1. The van der Waals surface area contributed by atoms with Crippen LogP contribution in [0.3, 0.4) is 0 Å². The molecule has 0 rings (SSSR count). The first-order chi connectivity index (χ1) is 3.48. The Morgan fingerprint density at radius 2 is 2.00 bits per heavy atom. The van der Waals surface area contributed by atoms with Crippen LogP contribution in [-0.4, -0.2) is 27.3 Å². The van der Waals surface area contributed by atoms with Crippen LogP contribution in [0.15, 0.2) is 0 Å². The largest absolute Gasteiger partial charge is 0.386 e. The lowest BCUT2D eigenvalue weighted by atomic mass is 10.2. The summed E-state index contributed by atoms with van der Waals surface area (Å²) in [6, 6.07) is 0. The van der Waals surface area contributed by atoms with Crippen molar-refractivity contribution in [2.45, 2.75) is 25.4 Å². The molecule has 0 spiro atoms. The Morgan fingerprint density at radius 1 is 1.62 bits per heavy atom. The second-order valence-corrected chi connectivity index (χ2v) is 1.71. The van der Waals surface area contributed by atoms with Crippen LogP contribution >= 0.6 is 0 Å². The molecule has 1 atom stereocenters. The van der Waals surface area contributed by atoms with Crippen molar-refractivity contribution in [3.8, 4) is 0 Å². The second-order valence-electron chi connectivity index (χ2n) is 1.71. The average Bonchev–Trinajstić information content (AvgIpc) is 1.62. The van der Waals surface area contributed by atoms with E-state index in [1.54, 1.807) is 6.92 Å². The maximum Gasteiger partial charge on any atom is 0.247 e. The first-order valence-electron chi connectivity index (χ1n) is 2.40. The summed E-state index contributed by atoms with van der Waals surface area (Å²) in [7, 11) is 0. The molecule has 0 saturated carbocycles. The summed E-state index contributed by atoms with van der Waals surface area (Å²) in [5, 5.41) is 25.3. The van der Waals surface area contributed by atoms with Gasteiger partial charge in [0.25, 0.3) is 0 Å². The van der Waals surface area contributed by atoms with Crippen LogP contribution in [-0.2, 0) is 0 Å². The monoisotopic (exact) mass is 121 g/mol. The molecule has 0 bridgehead atoms. The number of aliphatic hydroxyl groups excluding tert-OH is 1. The molecular formula is C4H11NO3. The zero-order valence-electron chi connectivity index (χ0n) is 4.70. The molecule has 0 aromatic carbocycles. The van der Waals surface area contributed by atoms with Gasteiger partial charge in [-0.15, -0.1) is 0 Å². The molecule has 0 aliphatic carbocycles. The fourth-order valence-electron chi connectivity index (χ4n) is 0.300. The third kappa shape index (κ3) is 2.23. The zero-order chi connectivity index (χ0) is 6.78. The molecule has 0 heterocycles. The van der Waals surface area contributed by atoms with Crippen molar-refractivity contribution in [1.82, 2.24) is 0 Å². The molecule has 0 aromatic rings. The first kappa shape index (κ1) is 7.84. The van der Waals surface area contributed by atoms with E-state index in [1.807, 2.05) is 0 Å². The molecule has 0 fully saturated rings. The molecule has 4 heteroatoms. The lowest BCUT2D eigenvalue weighted by molar-refractivity contribution is -0.220. The summed E-state index contributed by atoms with van der Waals surface area (Å²) in [5.41, 5.74) is 4.65. The van der Waals surface area contributed by atoms with Gasteiger partial charge in [0.15, 0.2) is 0 Å². The van der Waals surface area contributed by atoms with E-state index in [1.165, 1.54) is 0 Å². The summed E-state index contributed by atoms with van der Waals surface area (Å²) in [6.45, 7) is 1.60. The molecule has 0 amide bonds. The van der Waals surface area contributed by atoms with Crippen LogP contribution in [0.4, 0.5) is 0 Å². The minimum atomic E-state index is -2.44. The topological polar surface area (TPSA) is 86.7 Å². The average molecular weight is 121 g/mol. The van der Waals surface area contributed by atoms with Crippen LogP contribution in [0, 0.1) is 0 Å². The van der Waals surface area contributed by atoms with E-state index in [2.05, 4.69) is 5.73 Å². The number of rotatable bonds is 2. The smallest absolute Gasteiger partial charge is 0.247 e. The SMILES string of the molecule is CCC(O)C(N)(O)O. The van der Waals surface area contributed by atoms with Gasteiger partial charge in [-0.3, -0.25) is 5.73 Å². The Balaban J connectivity index is 3.62. The van der Waals surface area contributed by atoms with Gasteiger partial charge in [-0.25, -0.2) is 0 Å². The van der Waals surface area contributed by atoms with Crippen molar-refractivity contribution in [2.24, 2.45) is 5.73 Å². The van der Waals surface area contributed by atoms with Gasteiger partial charge in [0.05, 0.1) is 0 Å². The molecule has 5 N–H and O–H groups in total. The highest BCUT2D eigenvalue weighted by Gasteiger charge is 2.25. The lowest BCUT2D eigenvalue weighted by Gasteiger charge is -2.20. The summed E-state index contributed by atoms with van der Waals surface area (Å²) >= 11 is 0. The minimum Gasteiger partial charge on any atom is -0.386 e. The lowest BCUT2D eigenvalue weighted by Crippen LogP contribution is -2.50. The second kappa shape index (κ2) is 2.41. The Kier molecular flexibility index (Phi) is 2.36. The third-order valence-electron chi connectivity index (χ3n) is 0.877. The van der Waals surface area contributed by atoms with E-state index >= 15 is 0 Å². The van der Waals surface area contributed by atoms with Crippen LogP contribution in [0.5, 0.6) is 0 Å². The Morgan fingerprint density at radius 3 is 2.00 bits per heavy atom. The Hall–Kier alpha value is -0.160. The van der Waals surface area contributed by atoms with Crippen molar-refractivity contribution < 1.29 is 15.3 Å². The molecule has 8 heavy (non-hydrogen) atoms. The minimum absolute atomic E-state index is 0.226. The highest BCUT2D eigenvalue weighted by atomic mass is 16.5. The summed E-state index contributed by atoms with van der Waals surface area (Å²) in [6.07, 6.45) is -1.04. The molecule has 0 aliphatic rings. The van der Waals surface area contributed by atoms with Gasteiger partial charge in [0.2, 0.25) is 5.91 Å². The zero-order valence-corrected chi connectivity index (χ0v) is 4.70. The number of nitrogens with two attached hydrogens (primary N) is 1. The molecule has 50 valence electrons. The highest BCUT2D eigenvalue weighted by molar-refractivity contribution is 4.64. The van der Waals surface area contributed by atoms with Crippen LogP contribution in [0.1, 0.15) is 13.3 Å². The van der Waals surface area contributed by atoms with Crippen molar-refractivity contribution in [2.75, 3.05) is 0 Å². The van der Waals surface area contributed by atoms with Crippen LogP contribution in [0.25, 0.3) is 0 Å². The Bertz CT molecular complexity index is 68.2. The molecule has 0 aromatic heterocycles. The highest BCUT2D eigenvalue weighted by Crippen LogP contribution is 2.00. The predicted molar refractivity (Wildman–Crippen MR) is 27.7 cm³/mol. The van der Waals surface area contributed by atoms with E-state index in [0.717, 1.165) is 0 Å². The van der Waals surface area contributed by atoms with Gasteiger partial charge in [-0.2, -0.15) is 0 Å². The van der Waals surface area contributed by atoms with Crippen molar-refractivity contribution in [1.29, 1.82) is 0 Å². The Labute approximate surface area is 47.6 Å². The van der Waals surface area contributed by atoms with E-state index in [9.17, 15) is 0 Å². The van der Waals surface area contributed by atoms with Gasteiger partial charge in [0, 0.05) is 0 Å². The third-order valence-corrected chi connectivity index (χ3v) is 0.877. The standard InChI is InChI=1S/C4H11NO3/c1-2-3(6)4(5,7)8/h3,6-8H,2,5H2,1H3. The fraction of sp³-hybridized carbons (Fsp3) is 1.00. The molecule has 4 nitrogen and oxygen atoms in total. The quantitative estimate of drug-likeness (QED) is 0.330. The maximum atomic E-state index is 8.57. The fourth-order valence-corrected chi connectivity index (χ4v) is 0.300. The maximum absolute atomic E-state index is 8.57. The van der Waals surface area contributed by atoms with E-state index < -0.39 is 12.0 Å². The van der Waals surface area contributed by atoms with Gasteiger partial charge >= 0.3 is 0 Å². The molecule has 0 radical (unpaired) electrons. The van der Waals surface area contributed by atoms with Crippen LogP contribution in [0.2, 0.25) is 0 Å². The summed E-state index contributed by atoms with van der Waals surface area (Å²) in [4.78, 5) is 0. The number of hydrogen-bond acceptors (Lipinski definition) is 4. The summed E-state index contributed by atoms with van der Waals surface area (Å²) in [5.74, 6) is -2.44. The van der Waals surface area contributed by atoms with E-state index in [0.29, 0.717) is 0 Å². The van der Waals surface area contributed by atoms with Crippen molar-refractivity contribution in [3.63, 3.8) is 0 Å². The molecule has 0 aliphatic heterocycles. The van der Waals surface area contributed by atoms with E-state index in [-0.39, 0.29) is 6.42 Å². The first-order valence-corrected chi connectivity index (χ1v) is 2.40. The number of aliphatic hydroxyl groups is 3. The van der Waals surface area contributed by atoms with Gasteiger partial charge in [0.1, 0.15) is 6.10 Å². The molecule has 1 unspecified atom stereocenters. The predicted octanol–water partition coefficient (Wildman–Crippen LogP) is -1.65. The summed E-state index contributed by atoms with van der Waals surface area (Å²) < 4.78 is 0. The van der Waals surface area contributed by atoms with Crippen molar-refractivity contribution >= 4 is 0 Å². The van der Waals surface area contributed by atoms with E-state index in [4.69, 9.17) is 15.3 Å². The van der Waals surface area contributed by atoms with Crippen molar-refractivity contribution in [3.05, 3.63) is 0 Å². The molecular weight excluding hydrogens is 110 g/mol. The van der Waals surface area contributed by atoms with Gasteiger partial charge in [-0.05, 0) is 6.42 Å². The molecule has 0 saturated heterocycles.